The first-order valence-electron chi connectivity index (χ1n) is 5.24. The summed E-state index contributed by atoms with van der Waals surface area (Å²) < 4.78 is 30.3. The fraction of sp³-hybridized carbons (Fsp3) is 0.400. The van der Waals surface area contributed by atoms with E-state index in [4.69, 9.17) is 5.73 Å². The van der Waals surface area contributed by atoms with Crippen LogP contribution in [0.3, 0.4) is 0 Å². The van der Waals surface area contributed by atoms with Gasteiger partial charge in [0.2, 0.25) is 0 Å². The molecule has 0 radical (unpaired) electrons. The van der Waals surface area contributed by atoms with Crippen molar-refractivity contribution in [3.63, 3.8) is 0 Å². The highest BCUT2D eigenvalue weighted by Gasteiger charge is 2.28. The molecule has 0 spiro atoms. The van der Waals surface area contributed by atoms with Gasteiger partial charge in [-0.3, -0.25) is 14.9 Å². The molecule has 0 aliphatic carbocycles. The van der Waals surface area contributed by atoms with Crippen molar-refractivity contribution in [2.75, 3.05) is 12.3 Å². The zero-order valence-corrected chi connectivity index (χ0v) is 9.93. The first-order chi connectivity index (χ1) is 8.86. The quantitative estimate of drug-likeness (QED) is 0.497. The average molecular weight is 275 g/mol. The lowest BCUT2D eigenvalue weighted by Crippen LogP contribution is -2.13. The minimum Gasteiger partial charge on any atom is -0.466 e. The Kier molecular flexibility index (Phi) is 4.67. The van der Waals surface area contributed by atoms with Crippen LogP contribution in [-0.2, 0) is 16.0 Å². The number of carbonyl (C=O) groups is 1. The van der Waals surface area contributed by atoms with E-state index in [-0.39, 0.29) is 12.4 Å². The van der Waals surface area contributed by atoms with E-state index in [0.29, 0.717) is 0 Å². The Labute approximate surface area is 106 Å². The van der Waals surface area contributed by atoms with Crippen LogP contribution in [0.4, 0.5) is 20.3 Å². The fourth-order valence-electron chi connectivity index (χ4n) is 1.49. The molecule has 2 N–H and O–H groups in total. The van der Waals surface area contributed by atoms with E-state index < -0.39 is 40.7 Å². The maximum absolute atomic E-state index is 12.9. The summed E-state index contributed by atoms with van der Waals surface area (Å²) >= 11 is 0. The van der Waals surface area contributed by atoms with Crippen LogP contribution in [0.2, 0.25) is 0 Å². The van der Waals surface area contributed by atoms with E-state index in [2.05, 4.69) is 9.72 Å². The maximum atomic E-state index is 12.9. The minimum atomic E-state index is -3.14. The van der Waals surface area contributed by atoms with Crippen LogP contribution in [0, 0.1) is 10.1 Å². The highest BCUT2D eigenvalue weighted by molar-refractivity contribution is 5.73. The molecule has 0 fully saturated rings. The molecule has 1 heterocycles. The number of rotatable bonds is 5. The lowest BCUT2D eigenvalue weighted by Gasteiger charge is -2.09. The number of carbonyl (C=O) groups excluding carboxylic acids is 1. The summed E-state index contributed by atoms with van der Waals surface area (Å²) in [6, 6.07) is 0.732. The number of anilines is 1. The van der Waals surface area contributed by atoms with Gasteiger partial charge in [-0.25, -0.2) is 13.8 Å². The third kappa shape index (κ3) is 3.57. The van der Waals surface area contributed by atoms with Crippen LogP contribution in [0.5, 0.6) is 0 Å². The molecular weight excluding hydrogens is 264 g/mol. The summed E-state index contributed by atoms with van der Waals surface area (Å²) in [5, 5.41) is 10.7. The van der Waals surface area contributed by atoms with Crippen LogP contribution in [0.15, 0.2) is 6.07 Å². The molecule has 0 bridgehead atoms. The number of esters is 1. The van der Waals surface area contributed by atoms with E-state index in [1.54, 1.807) is 6.92 Å². The number of pyridine rings is 1. The number of halogens is 2. The van der Waals surface area contributed by atoms with Crippen molar-refractivity contribution in [1.29, 1.82) is 0 Å². The van der Waals surface area contributed by atoms with Gasteiger partial charge >= 0.3 is 5.97 Å². The van der Waals surface area contributed by atoms with Crippen molar-refractivity contribution in [2.45, 2.75) is 19.8 Å². The second-order valence-corrected chi connectivity index (χ2v) is 3.47. The molecule has 0 saturated carbocycles. The number of alkyl halides is 2. The number of nitrogen functional groups attached to an aromatic ring is 1. The van der Waals surface area contributed by atoms with Crippen molar-refractivity contribution in [1.82, 2.24) is 4.98 Å². The lowest BCUT2D eigenvalue weighted by molar-refractivity contribution is -0.386. The normalized spacial score (nSPS) is 10.5. The molecule has 1 aromatic rings. The summed E-state index contributed by atoms with van der Waals surface area (Å²) in [5.74, 6) is -1.12. The Morgan fingerprint density at radius 3 is 2.74 bits per heavy atom. The number of aromatic nitrogens is 1. The van der Waals surface area contributed by atoms with E-state index in [0.717, 1.165) is 6.07 Å². The summed E-state index contributed by atoms with van der Waals surface area (Å²) in [6.07, 6.45) is -3.74. The molecule has 0 aromatic carbocycles. The molecule has 104 valence electrons. The van der Waals surface area contributed by atoms with Gasteiger partial charge in [0, 0.05) is 0 Å². The first kappa shape index (κ1) is 14.7. The number of ether oxygens (including phenoxy) is 1. The SMILES string of the molecule is CCOC(=O)Cc1nc(N)cc([N+](=O)[O-])c1C(F)F. The van der Waals surface area contributed by atoms with Gasteiger partial charge in [-0.15, -0.1) is 0 Å². The summed E-state index contributed by atoms with van der Waals surface area (Å²) in [4.78, 5) is 24.5. The average Bonchev–Trinajstić information content (AvgIpc) is 2.27. The minimum absolute atomic E-state index is 0.0628. The van der Waals surface area contributed by atoms with Gasteiger partial charge in [-0.2, -0.15) is 0 Å². The molecule has 19 heavy (non-hydrogen) atoms. The van der Waals surface area contributed by atoms with Crippen LogP contribution < -0.4 is 5.73 Å². The molecule has 0 aliphatic heterocycles. The van der Waals surface area contributed by atoms with Crippen LogP contribution in [-0.4, -0.2) is 22.5 Å². The van der Waals surface area contributed by atoms with Crippen molar-refractivity contribution in [3.05, 3.63) is 27.4 Å². The van der Waals surface area contributed by atoms with Crippen LogP contribution >= 0.6 is 0 Å². The number of nitrogens with two attached hydrogens (primary N) is 1. The monoisotopic (exact) mass is 275 g/mol. The molecule has 0 atom stereocenters. The lowest BCUT2D eigenvalue weighted by atomic mass is 10.1. The molecule has 9 heteroatoms. The number of nitro groups is 1. The van der Waals surface area contributed by atoms with Crippen molar-refractivity contribution in [2.24, 2.45) is 0 Å². The fourth-order valence-corrected chi connectivity index (χ4v) is 1.49. The predicted octanol–water partition coefficient (Wildman–Crippen LogP) is 1.62. The highest BCUT2D eigenvalue weighted by atomic mass is 19.3. The van der Waals surface area contributed by atoms with Crippen LogP contribution in [0.1, 0.15) is 24.6 Å². The van der Waals surface area contributed by atoms with Gasteiger partial charge in [-0.1, -0.05) is 0 Å². The first-order valence-corrected chi connectivity index (χ1v) is 5.24. The number of nitrogens with zero attached hydrogens (tertiary/aromatic N) is 2. The third-order valence-electron chi connectivity index (χ3n) is 2.17. The third-order valence-corrected chi connectivity index (χ3v) is 2.17. The van der Waals surface area contributed by atoms with Crippen molar-refractivity contribution >= 4 is 17.5 Å². The zero-order valence-electron chi connectivity index (χ0n) is 9.93. The van der Waals surface area contributed by atoms with E-state index in [1.165, 1.54) is 0 Å². The smallest absolute Gasteiger partial charge is 0.311 e. The molecule has 7 nitrogen and oxygen atoms in total. The summed E-state index contributed by atoms with van der Waals surface area (Å²) in [6.45, 7) is 1.61. The Hall–Kier alpha value is -2.32. The second-order valence-electron chi connectivity index (χ2n) is 3.47. The largest absolute Gasteiger partial charge is 0.466 e. The molecule has 0 unspecified atom stereocenters. The molecule has 1 rings (SSSR count). The van der Waals surface area contributed by atoms with Crippen molar-refractivity contribution in [3.8, 4) is 0 Å². The summed E-state index contributed by atoms with van der Waals surface area (Å²) in [5.41, 5.74) is 3.09. The molecule has 1 aromatic heterocycles. The number of hydrogen-bond acceptors (Lipinski definition) is 6. The maximum Gasteiger partial charge on any atom is 0.311 e. The van der Waals surface area contributed by atoms with E-state index in [1.807, 2.05) is 0 Å². The van der Waals surface area contributed by atoms with E-state index >= 15 is 0 Å². The molecular formula is C10H11F2N3O4. The van der Waals surface area contributed by atoms with Gasteiger partial charge < -0.3 is 10.5 Å². The Morgan fingerprint density at radius 2 is 2.26 bits per heavy atom. The molecule has 0 amide bonds. The number of hydrogen-bond donors (Lipinski definition) is 1. The predicted molar refractivity (Wildman–Crippen MR) is 60.6 cm³/mol. The Bertz CT molecular complexity index is 508. The van der Waals surface area contributed by atoms with Gasteiger partial charge in [0.15, 0.2) is 0 Å². The van der Waals surface area contributed by atoms with Gasteiger partial charge in [0.1, 0.15) is 11.4 Å². The highest BCUT2D eigenvalue weighted by Crippen LogP contribution is 2.32. The zero-order chi connectivity index (χ0) is 14.6. The second kappa shape index (κ2) is 6.03. The topological polar surface area (TPSA) is 108 Å². The van der Waals surface area contributed by atoms with E-state index in [9.17, 15) is 23.7 Å². The molecule has 0 saturated heterocycles. The standard InChI is InChI=1S/C10H11F2N3O4/c1-2-19-8(16)3-5-9(10(11)12)6(15(17)18)4-7(13)14-5/h4,10H,2-3H2,1H3,(H2,13,14). The molecule has 0 aliphatic rings. The van der Waals surface area contributed by atoms with Gasteiger partial charge in [-0.05, 0) is 6.92 Å². The van der Waals surface area contributed by atoms with Gasteiger partial charge in [0.25, 0.3) is 12.1 Å². The Morgan fingerprint density at radius 1 is 1.63 bits per heavy atom. The summed E-state index contributed by atoms with van der Waals surface area (Å²) in [7, 11) is 0. The Balaban J connectivity index is 3.28. The van der Waals surface area contributed by atoms with Gasteiger partial charge in [0.05, 0.1) is 29.7 Å². The van der Waals surface area contributed by atoms with Crippen LogP contribution in [0.25, 0.3) is 0 Å². The van der Waals surface area contributed by atoms with Crippen molar-refractivity contribution < 1.29 is 23.2 Å².